The van der Waals surface area contributed by atoms with Gasteiger partial charge in [0.25, 0.3) is 0 Å². The average Bonchev–Trinajstić information content (AvgIpc) is 3.00. The molecule has 1 aliphatic heterocycles. The Labute approximate surface area is 107 Å². The highest BCUT2D eigenvalue weighted by Crippen LogP contribution is 2.18. The Morgan fingerprint density at radius 2 is 2.00 bits per heavy atom. The molecule has 2 aliphatic rings. The molecule has 0 radical (unpaired) electrons. The summed E-state index contributed by atoms with van der Waals surface area (Å²) in [6.07, 6.45) is 5.41. The molecule has 0 bridgehead atoms. The summed E-state index contributed by atoms with van der Waals surface area (Å²) in [4.78, 5) is 22.7. The zero-order valence-corrected chi connectivity index (χ0v) is 10.5. The van der Waals surface area contributed by atoms with Crippen molar-refractivity contribution in [1.82, 2.24) is 16.0 Å². The maximum absolute atomic E-state index is 11.4. The number of nitrogens with one attached hydrogen (secondary N) is 3. The molecule has 1 saturated heterocycles. The first kappa shape index (κ1) is 13.1. The number of urea groups is 1. The number of rotatable bonds is 6. The van der Waals surface area contributed by atoms with Crippen molar-refractivity contribution in [3.05, 3.63) is 0 Å². The Bertz CT molecular complexity index is 299. The minimum Gasteiger partial charge on any atom is -0.378 e. The molecule has 3 amide bonds. The van der Waals surface area contributed by atoms with Gasteiger partial charge in [-0.05, 0) is 32.1 Å². The molecular formula is C12H21N3O3. The second kappa shape index (κ2) is 6.58. The fraction of sp³-hybridized carbons (Fsp3) is 0.833. The van der Waals surface area contributed by atoms with Crippen molar-refractivity contribution >= 4 is 11.9 Å². The van der Waals surface area contributed by atoms with E-state index in [0.717, 1.165) is 38.7 Å². The van der Waals surface area contributed by atoms with E-state index in [4.69, 9.17) is 4.74 Å². The van der Waals surface area contributed by atoms with Crippen molar-refractivity contribution in [3.8, 4) is 0 Å². The molecule has 1 atom stereocenters. The molecule has 0 aromatic heterocycles. The maximum atomic E-state index is 11.4. The van der Waals surface area contributed by atoms with Crippen LogP contribution in [0.25, 0.3) is 0 Å². The lowest BCUT2D eigenvalue weighted by Gasteiger charge is -2.11. The summed E-state index contributed by atoms with van der Waals surface area (Å²) in [5.41, 5.74) is 0. The lowest BCUT2D eigenvalue weighted by Crippen LogP contribution is -2.43. The van der Waals surface area contributed by atoms with Gasteiger partial charge in [0.05, 0.1) is 12.6 Å². The zero-order chi connectivity index (χ0) is 12.8. The summed E-state index contributed by atoms with van der Waals surface area (Å²) in [5.74, 6) is -0.119. The lowest BCUT2D eigenvalue weighted by molar-refractivity contribution is -0.120. The van der Waals surface area contributed by atoms with Crippen molar-refractivity contribution in [2.24, 2.45) is 0 Å². The molecule has 1 unspecified atom stereocenters. The van der Waals surface area contributed by atoms with E-state index in [2.05, 4.69) is 16.0 Å². The maximum Gasteiger partial charge on any atom is 0.315 e. The van der Waals surface area contributed by atoms with Crippen molar-refractivity contribution in [2.45, 2.75) is 44.2 Å². The van der Waals surface area contributed by atoms with E-state index in [-0.39, 0.29) is 24.6 Å². The number of carbonyl (C=O) groups excluding carboxylic acids is 2. The van der Waals surface area contributed by atoms with Crippen LogP contribution in [-0.4, -0.2) is 43.8 Å². The van der Waals surface area contributed by atoms with Crippen molar-refractivity contribution < 1.29 is 14.3 Å². The van der Waals surface area contributed by atoms with Gasteiger partial charge in [0.15, 0.2) is 0 Å². The second-order valence-corrected chi connectivity index (χ2v) is 4.87. The standard InChI is InChI=1S/C12H21N3O3/c16-11(15-9-3-4-9)8-14-12(17)13-6-5-10-2-1-7-18-10/h9-10H,1-8H2,(H,15,16)(H2,13,14,17). The fourth-order valence-corrected chi connectivity index (χ4v) is 1.95. The number of hydrogen-bond donors (Lipinski definition) is 3. The van der Waals surface area contributed by atoms with Gasteiger partial charge in [-0.25, -0.2) is 4.79 Å². The van der Waals surface area contributed by atoms with Crippen LogP contribution >= 0.6 is 0 Å². The number of ether oxygens (including phenoxy) is 1. The highest BCUT2D eigenvalue weighted by Gasteiger charge is 2.23. The van der Waals surface area contributed by atoms with Crippen LogP contribution in [-0.2, 0) is 9.53 Å². The van der Waals surface area contributed by atoms with Crippen LogP contribution in [0.15, 0.2) is 0 Å². The van der Waals surface area contributed by atoms with E-state index >= 15 is 0 Å². The van der Waals surface area contributed by atoms with Crippen LogP contribution in [0.4, 0.5) is 4.79 Å². The third-order valence-corrected chi connectivity index (χ3v) is 3.13. The molecule has 2 fully saturated rings. The third-order valence-electron chi connectivity index (χ3n) is 3.13. The number of amides is 3. The minimum atomic E-state index is -0.293. The molecule has 1 saturated carbocycles. The van der Waals surface area contributed by atoms with Crippen molar-refractivity contribution in [2.75, 3.05) is 19.7 Å². The topological polar surface area (TPSA) is 79.5 Å². The van der Waals surface area contributed by atoms with E-state index in [0.29, 0.717) is 12.6 Å². The van der Waals surface area contributed by atoms with E-state index < -0.39 is 0 Å². The molecule has 0 aromatic rings. The Balaban J connectivity index is 1.47. The van der Waals surface area contributed by atoms with Gasteiger partial charge in [-0.2, -0.15) is 0 Å². The fourth-order valence-electron chi connectivity index (χ4n) is 1.95. The zero-order valence-electron chi connectivity index (χ0n) is 10.5. The molecule has 1 heterocycles. The second-order valence-electron chi connectivity index (χ2n) is 4.87. The summed E-state index contributed by atoms with van der Waals surface area (Å²) in [6.45, 7) is 1.46. The third kappa shape index (κ3) is 4.91. The van der Waals surface area contributed by atoms with E-state index in [9.17, 15) is 9.59 Å². The number of hydrogen-bond acceptors (Lipinski definition) is 3. The van der Waals surface area contributed by atoms with Gasteiger partial charge in [-0.1, -0.05) is 0 Å². The Kier molecular flexibility index (Phi) is 4.81. The SMILES string of the molecule is O=C(CNC(=O)NCCC1CCCO1)NC1CC1. The Morgan fingerprint density at radius 1 is 1.17 bits per heavy atom. The smallest absolute Gasteiger partial charge is 0.315 e. The van der Waals surface area contributed by atoms with Crippen molar-refractivity contribution in [3.63, 3.8) is 0 Å². The predicted octanol–water partition coefficient (Wildman–Crippen LogP) is 0.133. The van der Waals surface area contributed by atoms with Gasteiger partial charge >= 0.3 is 6.03 Å². The van der Waals surface area contributed by atoms with Crippen LogP contribution in [0.5, 0.6) is 0 Å². The first-order chi connectivity index (χ1) is 8.74. The summed E-state index contributed by atoms with van der Waals surface area (Å²) in [7, 11) is 0. The van der Waals surface area contributed by atoms with Crippen LogP contribution in [0.3, 0.4) is 0 Å². The molecule has 0 aromatic carbocycles. The van der Waals surface area contributed by atoms with Crippen LogP contribution in [0.2, 0.25) is 0 Å². The summed E-state index contributed by atoms with van der Waals surface area (Å²) in [6, 6.07) is 0.0424. The lowest BCUT2D eigenvalue weighted by atomic mass is 10.2. The van der Waals surface area contributed by atoms with Gasteiger partial charge in [0, 0.05) is 19.2 Å². The minimum absolute atomic E-state index is 0.0439. The highest BCUT2D eigenvalue weighted by molar-refractivity contribution is 5.84. The van der Waals surface area contributed by atoms with Gasteiger partial charge in [-0.15, -0.1) is 0 Å². The summed E-state index contributed by atoms with van der Waals surface area (Å²) >= 11 is 0. The highest BCUT2D eigenvalue weighted by atomic mass is 16.5. The Morgan fingerprint density at radius 3 is 2.67 bits per heavy atom. The number of carbonyl (C=O) groups is 2. The van der Waals surface area contributed by atoms with Crippen molar-refractivity contribution in [1.29, 1.82) is 0 Å². The molecule has 3 N–H and O–H groups in total. The molecule has 0 spiro atoms. The van der Waals surface area contributed by atoms with Crippen LogP contribution in [0.1, 0.15) is 32.1 Å². The molecule has 2 rings (SSSR count). The molecule has 6 nitrogen and oxygen atoms in total. The average molecular weight is 255 g/mol. The van der Waals surface area contributed by atoms with Gasteiger partial charge in [-0.3, -0.25) is 4.79 Å². The Hall–Kier alpha value is -1.30. The molecule has 102 valence electrons. The van der Waals surface area contributed by atoms with E-state index in [1.807, 2.05) is 0 Å². The van der Waals surface area contributed by atoms with Crippen LogP contribution in [0, 0.1) is 0 Å². The monoisotopic (exact) mass is 255 g/mol. The normalized spacial score (nSPS) is 22.6. The molecular weight excluding hydrogens is 234 g/mol. The van der Waals surface area contributed by atoms with Gasteiger partial charge in [0.1, 0.15) is 0 Å². The molecule has 6 heteroatoms. The summed E-state index contributed by atoms with van der Waals surface area (Å²) in [5, 5.41) is 8.07. The van der Waals surface area contributed by atoms with Gasteiger partial charge in [0.2, 0.25) is 5.91 Å². The van der Waals surface area contributed by atoms with E-state index in [1.54, 1.807) is 0 Å². The first-order valence-electron chi connectivity index (χ1n) is 6.66. The van der Waals surface area contributed by atoms with E-state index in [1.165, 1.54) is 0 Å². The quantitative estimate of drug-likeness (QED) is 0.631. The summed E-state index contributed by atoms with van der Waals surface area (Å²) < 4.78 is 5.45. The molecule has 18 heavy (non-hydrogen) atoms. The van der Waals surface area contributed by atoms with Gasteiger partial charge < -0.3 is 20.7 Å². The predicted molar refractivity (Wildman–Crippen MR) is 66.2 cm³/mol. The van der Waals surface area contributed by atoms with Crippen LogP contribution < -0.4 is 16.0 Å². The first-order valence-corrected chi connectivity index (χ1v) is 6.66. The molecule has 1 aliphatic carbocycles. The largest absolute Gasteiger partial charge is 0.378 e.